The Kier molecular flexibility index (Phi) is 6.58. The zero-order chi connectivity index (χ0) is 18.2. The highest BCUT2D eigenvalue weighted by molar-refractivity contribution is 5.92. The number of anilines is 1. The van der Waals surface area contributed by atoms with Crippen LogP contribution in [-0.4, -0.2) is 23.5 Å². The summed E-state index contributed by atoms with van der Waals surface area (Å²) in [6.45, 7) is 0.607. The Morgan fingerprint density at radius 2 is 1.85 bits per heavy atom. The number of carbonyl (C=O) groups is 1. The van der Waals surface area contributed by atoms with Crippen molar-refractivity contribution in [2.24, 2.45) is 0 Å². The van der Waals surface area contributed by atoms with Crippen LogP contribution in [0.1, 0.15) is 54.6 Å². The number of benzene rings is 1. The van der Waals surface area contributed by atoms with E-state index in [2.05, 4.69) is 15.6 Å². The first-order chi connectivity index (χ1) is 12.7. The van der Waals surface area contributed by atoms with E-state index in [1.807, 2.05) is 12.1 Å². The third-order valence-corrected chi connectivity index (χ3v) is 4.87. The summed E-state index contributed by atoms with van der Waals surface area (Å²) in [5.41, 5.74) is 1.95. The summed E-state index contributed by atoms with van der Waals surface area (Å²) in [7, 11) is 0. The van der Waals surface area contributed by atoms with Crippen molar-refractivity contribution in [1.82, 2.24) is 10.3 Å². The lowest BCUT2D eigenvalue weighted by atomic mass is 10.1. The Balaban J connectivity index is 1.48. The zero-order valence-corrected chi connectivity index (χ0v) is 15.0. The Bertz CT molecular complexity index is 709. The largest absolute Gasteiger partial charge is 0.383 e. The minimum absolute atomic E-state index is 0.102. The summed E-state index contributed by atoms with van der Waals surface area (Å²) in [6.07, 6.45) is 9.25. The molecule has 0 aliphatic heterocycles. The number of nitrogens with zero attached hydrogens (tertiary/aromatic N) is 1. The molecule has 0 bridgehead atoms. The lowest BCUT2D eigenvalue weighted by Gasteiger charge is -2.16. The van der Waals surface area contributed by atoms with Gasteiger partial charge in [-0.25, -0.2) is 9.37 Å². The predicted molar refractivity (Wildman–Crippen MR) is 102 cm³/mol. The topological polar surface area (TPSA) is 54.0 Å². The van der Waals surface area contributed by atoms with E-state index in [0.29, 0.717) is 24.2 Å². The van der Waals surface area contributed by atoms with E-state index in [1.165, 1.54) is 31.7 Å². The van der Waals surface area contributed by atoms with Crippen LogP contribution in [-0.2, 0) is 6.42 Å². The summed E-state index contributed by atoms with van der Waals surface area (Å²) in [6, 6.07) is 10.6. The molecule has 1 aromatic heterocycles. The number of halogens is 1. The average molecular weight is 355 g/mol. The van der Waals surface area contributed by atoms with Gasteiger partial charge in [-0.05, 0) is 43.0 Å². The van der Waals surface area contributed by atoms with Crippen molar-refractivity contribution >= 4 is 11.6 Å². The molecule has 0 spiro atoms. The molecule has 2 aromatic rings. The summed E-state index contributed by atoms with van der Waals surface area (Å²) in [5, 5.41) is 6.32. The molecule has 4 nitrogen and oxygen atoms in total. The molecule has 0 saturated heterocycles. The maximum atomic E-state index is 13.6. The second kappa shape index (κ2) is 9.32. The van der Waals surface area contributed by atoms with Gasteiger partial charge in [-0.15, -0.1) is 0 Å². The fourth-order valence-electron chi connectivity index (χ4n) is 3.36. The molecule has 138 valence electrons. The smallest absolute Gasteiger partial charge is 0.270 e. The lowest BCUT2D eigenvalue weighted by molar-refractivity contribution is 0.0928. The molecular weight excluding hydrogens is 329 g/mol. The fraction of sp³-hybridized carbons (Fsp3) is 0.429. The quantitative estimate of drug-likeness (QED) is 0.759. The van der Waals surface area contributed by atoms with Gasteiger partial charge in [0.2, 0.25) is 0 Å². The van der Waals surface area contributed by atoms with Crippen molar-refractivity contribution in [3.05, 3.63) is 59.7 Å². The van der Waals surface area contributed by atoms with E-state index < -0.39 is 0 Å². The van der Waals surface area contributed by atoms with Gasteiger partial charge < -0.3 is 10.6 Å². The van der Waals surface area contributed by atoms with Gasteiger partial charge in [0.25, 0.3) is 5.91 Å². The second-order valence-electron chi connectivity index (χ2n) is 6.86. The summed E-state index contributed by atoms with van der Waals surface area (Å²) in [4.78, 5) is 16.6. The molecule has 1 saturated carbocycles. The van der Waals surface area contributed by atoms with E-state index in [-0.39, 0.29) is 17.8 Å². The van der Waals surface area contributed by atoms with Crippen LogP contribution in [0, 0.1) is 5.82 Å². The van der Waals surface area contributed by atoms with Crippen LogP contribution < -0.4 is 10.6 Å². The second-order valence-corrected chi connectivity index (χ2v) is 6.86. The molecule has 3 rings (SSSR count). The molecule has 5 heteroatoms. The van der Waals surface area contributed by atoms with Crippen LogP contribution in [0.15, 0.2) is 42.6 Å². The molecule has 1 heterocycles. The van der Waals surface area contributed by atoms with Crippen molar-refractivity contribution in [3.8, 4) is 0 Å². The van der Waals surface area contributed by atoms with Crippen LogP contribution in [0.3, 0.4) is 0 Å². The zero-order valence-electron chi connectivity index (χ0n) is 15.0. The van der Waals surface area contributed by atoms with Gasteiger partial charge in [-0.2, -0.15) is 0 Å². The molecule has 2 N–H and O–H groups in total. The van der Waals surface area contributed by atoms with Gasteiger partial charge in [0.1, 0.15) is 11.5 Å². The van der Waals surface area contributed by atoms with Crippen LogP contribution in [0.2, 0.25) is 0 Å². The van der Waals surface area contributed by atoms with Crippen LogP contribution in [0.25, 0.3) is 0 Å². The Labute approximate surface area is 154 Å². The molecular formula is C21H26FN3O. The number of hydrogen-bond donors (Lipinski definition) is 2. The standard InChI is InChI=1S/C21H26FN3O/c22-19-10-6-5-7-16(19)13-14-23-18-11-12-20(24-15-18)21(26)25-17-8-3-1-2-4-9-17/h5-7,10-12,15,17,23H,1-4,8-9,13-14H2,(H,25,26). The van der Waals surface area contributed by atoms with E-state index >= 15 is 0 Å². The highest BCUT2D eigenvalue weighted by Crippen LogP contribution is 2.17. The molecule has 26 heavy (non-hydrogen) atoms. The number of hydrogen-bond acceptors (Lipinski definition) is 3. The van der Waals surface area contributed by atoms with Gasteiger partial charge in [0.15, 0.2) is 0 Å². The predicted octanol–water partition coefficient (Wildman–Crippen LogP) is 4.33. The van der Waals surface area contributed by atoms with Gasteiger partial charge >= 0.3 is 0 Å². The number of aromatic nitrogens is 1. The molecule has 0 atom stereocenters. The lowest BCUT2D eigenvalue weighted by Crippen LogP contribution is -2.34. The van der Waals surface area contributed by atoms with Crippen molar-refractivity contribution in [1.29, 1.82) is 0 Å². The third-order valence-electron chi connectivity index (χ3n) is 4.87. The molecule has 1 fully saturated rings. The maximum absolute atomic E-state index is 13.6. The van der Waals surface area contributed by atoms with Gasteiger partial charge in [-0.3, -0.25) is 4.79 Å². The highest BCUT2D eigenvalue weighted by Gasteiger charge is 2.16. The number of amides is 1. The Hall–Kier alpha value is -2.43. The first-order valence-electron chi connectivity index (χ1n) is 9.46. The van der Waals surface area contributed by atoms with Crippen molar-refractivity contribution < 1.29 is 9.18 Å². The number of pyridine rings is 1. The first-order valence-corrected chi connectivity index (χ1v) is 9.46. The summed E-state index contributed by atoms with van der Waals surface area (Å²) >= 11 is 0. The Morgan fingerprint density at radius 1 is 1.08 bits per heavy atom. The number of rotatable bonds is 6. The van der Waals surface area contributed by atoms with Crippen LogP contribution in [0.5, 0.6) is 0 Å². The molecule has 1 amide bonds. The number of nitrogens with one attached hydrogen (secondary N) is 2. The van der Waals surface area contributed by atoms with E-state index in [0.717, 1.165) is 18.5 Å². The monoisotopic (exact) mass is 355 g/mol. The molecule has 1 aliphatic carbocycles. The van der Waals surface area contributed by atoms with E-state index in [9.17, 15) is 9.18 Å². The highest BCUT2D eigenvalue weighted by atomic mass is 19.1. The van der Waals surface area contributed by atoms with E-state index in [1.54, 1.807) is 24.4 Å². The van der Waals surface area contributed by atoms with Crippen molar-refractivity contribution in [2.75, 3.05) is 11.9 Å². The van der Waals surface area contributed by atoms with Crippen molar-refractivity contribution in [3.63, 3.8) is 0 Å². The minimum Gasteiger partial charge on any atom is -0.383 e. The van der Waals surface area contributed by atoms with Gasteiger partial charge in [0, 0.05) is 12.6 Å². The van der Waals surface area contributed by atoms with E-state index in [4.69, 9.17) is 0 Å². The molecule has 0 unspecified atom stereocenters. The van der Waals surface area contributed by atoms with Crippen molar-refractivity contribution in [2.45, 2.75) is 51.0 Å². The minimum atomic E-state index is -0.182. The van der Waals surface area contributed by atoms with Crippen LogP contribution in [0.4, 0.5) is 10.1 Å². The summed E-state index contributed by atoms with van der Waals surface area (Å²) in [5.74, 6) is -0.284. The summed E-state index contributed by atoms with van der Waals surface area (Å²) < 4.78 is 13.6. The number of carbonyl (C=O) groups excluding carboxylic acids is 1. The third kappa shape index (κ3) is 5.28. The Morgan fingerprint density at radius 3 is 2.54 bits per heavy atom. The first kappa shape index (κ1) is 18.4. The van der Waals surface area contributed by atoms with Gasteiger partial charge in [0.05, 0.1) is 11.9 Å². The normalized spacial score (nSPS) is 15.3. The maximum Gasteiger partial charge on any atom is 0.270 e. The SMILES string of the molecule is O=C(NC1CCCCCC1)c1ccc(NCCc2ccccc2F)cn1. The fourth-order valence-corrected chi connectivity index (χ4v) is 3.36. The van der Waals surface area contributed by atoms with Gasteiger partial charge in [-0.1, -0.05) is 43.9 Å². The molecule has 0 radical (unpaired) electrons. The molecule has 1 aromatic carbocycles. The van der Waals surface area contributed by atoms with Crippen LogP contribution >= 0.6 is 0 Å². The average Bonchev–Trinajstić information content (AvgIpc) is 2.92. The molecule has 1 aliphatic rings.